The van der Waals surface area contributed by atoms with Gasteiger partial charge < -0.3 is 0 Å². The van der Waals surface area contributed by atoms with Gasteiger partial charge in [0.05, 0.1) is 16.9 Å². The van der Waals surface area contributed by atoms with Gasteiger partial charge in [-0.15, -0.1) is 0 Å². The summed E-state index contributed by atoms with van der Waals surface area (Å²) in [5, 5.41) is 4.56. The first-order chi connectivity index (χ1) is 14.0. The molecule has 29 heavy (non-hydrogen) atoms. The fourth-order valence-electron chi connectivity index (χ4n) is 4.98. The van der Waals surface area contributed by atoms with Crippen LogP contribution in [0.4, 0.5) is 10.1 Å². The topological polar surface area (TPSA) is 27.5 Å². The molecule has 2 saturated heterocycles. The highest BCUT2D eigenvalue weighted by Crippen LogP contribution is 2.46. The van der Waals surface area contributed by atoms with Crippen LogP contribution in [0.25, 0.3) is 0 Å². The maximum Gasteiger partial charge on any atom is 0.125 e. The highest BCUT2D eigenvalue weighted by Gasteiger charge is 2.49. The first-order valence-electron chi connectivity index (χ1n) is 10.7. The molecule has 0 radical (unpaired) electrons. The SMILES string of the molecule is C[C@H]1C[C@]2(CCN1Cc1ccnn1CC1CC1)CN(C)SN2c1cccc(F)c1. The van der Waals surface area contributed by atoms with Crippen LogP contribution >= 0.6 is 12.1 Å². The van der Waals surface area contributed by atoms with Crippen molar-refractivity contribution < 1.29 is 4.39 Å². The van der Waals surface area contributed by atoms with Gasteiger partial charge in [0.2, 0.25) is 0 Å². The Kier molecular flexibility index (Phi) is 5.08. The molecule has 0 bridgehead atoms. The van der Waals surface area contributed by atoms with Crippen molar-refractivity contribution in [1.29, 1.82) is 0 Å². The molecule has 5 nitrogen and oxygen atoms in total. The predicted molar refractivity (Wildman–Crippen MR) is 116 cm³/mol. The molecular weight excluding hydrogens is 385 g/mol. The number of anilines is 1. The van der Waals surface area contributed by atoms with E-state index in [1.807, 2.05) is 18.3 Å². The van der Waals surface area contributed by atoms with Gasteiger partial charge in [-0.05, 0) is 69.8 Å². The summed E-state index contributed by atoms with van der Waals surface area (Å²) in [6.45, 7) is 6.44. The van der Waals surface area contributed by atoms with Gasteiger partial charge in [-0.3, -0.25) is 13.9 Å². The molecule has 3 heterocycles. The zero-order valence-electron chi connectivity index (χ0n) is 17.3. The van der Waals surface area contributed by atoms with E-state index in [1.165, 1.54) is 24.6 Å². The van der Waals surface area contributed by atoms with Crippen molar-refractivity contribution in [2.75, 3.05) is 24.4 Å². The van der Waals surface area contributed by atoms with E-state index in [0.29, 0.717) is 6.04 Å². The van der Waals surface area contributed by atoms with Crippen molar-refractivity contribution in [3.05, 3.63) is 48.0 Å². The summed E-state index contributed by atoms with van der Waals surface area (Å²) in [6.07, 6.45) is 6.81. The van der Waals surface area contributed by atoms with Gasteiger partial charge in [0.1, 0.15) is 5.82 Å². The summed E-state index contributed by atoms with van der Waals surface area (Å²) in [5.41, 5.74) is 2.36. The largest absolute Gasteiger partial charge is 0.296 e. The molecule has 0 N–H and O–H groups in total. The first kappa shape index (κ1) is 19.4. The Hall–Kier alpha value is -1.57. The molecule has 3 aliphatic rings. The van der Waals surface area contributed by atoms with E-state index in [0.717, 1.165) is 50.6 Å². The first-order valence-corrected chi connectivity index (χ1v) is 11.5. The number of nitrogens with zero attached hydrogens (tertiary/aromatic N) is 5. The van der Waals surface area contributed by atoms with E-state index in [2.05, 4.69) is 43.3 Å². The molecule has 0 unspecified atom stereocenters. The Labute approximate surface area is 177 Å². The van der Waals surface area contributed by atoms with Gasteiger partial charge in [0.15, 0.2) is 0 Å². The Morgan fingerprint density at radius 1 is 1.28 bits per heavy atom. The quantitative estimate of drug-likeness (QED) is 0.684. The number of piperidine rings is 1. The lowest BCUT2D eigenvalue weighted by molar-refractivity contribution is 0.0976. The Balaban J connectivity index is 1.31. The van der Waals surface area contributed by atoms with Crippen LogP contribution in [-0.2, 0) is 13.1 Å². The maximum atomic E-state index is 13.9. The van der Waals surface area contributed by atoms with Gasteiger partial charge in [0.25, 0.3) is 0 Å². The second kappa shape index (κ2) is 7.60. The number of benzene rings is 1. The number of halogens is 1. The van der Waals surface area contributed by atoms with E-state index < -0.39 is 0 Å². The van der Waals surface area contributed by atoms with Crippen molar-refractivity contribution in [3.8, 4) is 0 Å². The summed E-state index contributed by atoms with van der Waals surface area (Å²) in [4.78, 5) is 2.60. The lowest BCUT2D eigenvalue weighted by Gasteiger charge is -2.47. The molecule has 1 aromatic heterocycles. The number of aromatic nitrogens is 2. The Morgan fingerprint density at radius 3 is 2.90 bits per heavy atom. The van der Waals surface area contributed by atoms with Gasteiger partial charge in [-0.25, -0.2) is 8.70 Å². The molecule has 1 aromatic carbocycles. The van der Waals surface area contributed by atoms with Crippen LogP contribution < -0.4 is 4.31 Å². The van der Waals surface area contributed by atoms with Crippen LogP contribution in [0.5, 0.6) is 0 Å². The minimum absolute atomic E-state index is 0.0530. The minimum Gasteiger partial charge on any atom is -0.296 e. The van der Waals surface area contributed by atoms with Gasteiger partial charge in [-0.2, -0.15) is 5.10 Å². The van der Waals surface area contributed by atoms with Gasteiger partial charge in [0, 0.05) is 50.6 Å². The molecule has 2 atom stereocenters. The summed E-state index contributed by atoms with van der Waals surface area (Å²) >= 11 is 1.72. The number of likely N-dealkylation sites (N-methyl/N-ethyl adjacent to an activating group) is 1. The minimum atomic E-state index is -0.165. The average Bonchev–Trinajstić information content (AvgIpc) is 3.30. The molecule has 1 aliphatic carbocycles. The number of hydrogen-bond acceptors (Lipinski definition) is 5. The van der Waals surface area contributed by atoms with E-state index in [-0.39, 0.29) is 11.4 Å². The third-order valence-electron chi connectivity index (χ3n) is 6.67. The lowest BCUT2D eigenvalue weighted by Crippen LogP contribution is -2.56. The highest BCUT2D eigenvalue weighted by molar-refractivity contribution is 7.98. The lowest BCUT2D eigenvalue weighted by atomic mass is 9.83. The van der Waals surface area contributed by atoms with E-state index >= 15 is 0 Å². The van der Waals surface area contributed by atoms with E-state index in [4.69, 9.17) is 0 Å². The summed E-state index contributed by atoms with van der Waals surface area (Å²) < 4.78 is 20.8. The van der Waals surface area contributed by atoms with E-state index in [9.17, 15) is 4.39 Å². The molecule has 1 spiro atoms. The Morgan fingerprint density at radius 2 is 2.14 bits per heavy atom. The van der Waals surface area contributed by atoms with Crippen LogP contribution in [0.2, 0.25) is 0 Å². The molecule has 1 saturated carbocycles. The molecule has 156 valence electrons. The van der Waals surface area contributed by atoms with Gasteiger partial charge >= 0.3 is 0 Å². The molecular formula is C22H30FN5S. The van der Waals surface area contributed by atoms with Crippen molar-refractivity contribution in [1.82, 2.24) is 19.0 Å². The third-order valence-corrected chi connectivity index (χ3v) is 7.84. The number of likely N-dealkylation sites (tertiary alicyclic amines) is 1. The zero-order valence-corrected chi connectivity index (χ0v) is 18.1. The fourth-order valence-corrected chi connectivity index (χ4v) is 6.17. The molecule has 7 heteroatoms. The second-order valence-electron chi connectivity index (χ2n) is 9.09. The Bertz CT molecular complexity index is 868. The van der Waals surface area contributed by atoms with Crippen LogP contribution in [0.3, 0.4) is 0 Å². The van der Waals surface area contributed by atoms with Crippen molar-refractivity contribution >= 4 is 17.8 Å². The van der Waals surface area contributed by atoms with Gasteiger partial charge in [-0.1, -0.05) is 6.07 Å². The second-order valence-corrected chi connectivity index (χ2v) is 10.2. The maximum absolute atomic E-state index is 13.9. The smallest absolute Gasteiger partial charge is 0.125 e. The standard InChI is InChI=1S/C22H30FN5S/c1-17-13-22(16-25(2)29-28(22)20-5-3-4-19(23)12-20)9-11-26(17)15-21-8-10-24-27(21)14-18-6-7-18/h3-5,8,10,12,17-18H,6-7,9,11,13-16H2,1-2H3/t17-,22+/m0/s1. The molecule has 3 fully saturated rings. The normalized spacial score (nSPS) is 28.5. The fraction of sp³-hybridized carbons (Fsp3) is 0.591. The molecule has 5 rings (SSSR count). The van der Waals surface area contributed by atoms with Crippen molar-refractivity contribution in [2.24, 2.45) is 5.92 Å². The van der Waals surface area contributed by atoms with E-state index in [1.54, 1.807) is 18.2 Å². The van der Waals surface area contributed by atoms with Crippen LogP contribution in [0.1, 0.15) is 38.3 Å². The summed E-state index contributed by atoms with van der Waals surface area (Å²) in [6, 6.07) is 9.69. The monoisotopic (exact) mass is 415 g/mol. The molecule has 2 aliphatic heterocycles. The molecule has 0 amide bonds. The van der Waals surface area contributed by atoms with Crippen LogP contribution in [-0.4, -0.2) is 50.7 Å². The molecule has 2 aromatic rings. The zero-order chi connectivity index (χ0) is 20.0. The number of rotatable bonds is 5. The van der Waals surface area contributed by atoms with Crippen LogP contribution in [0.15, 0.2) is 36.5 Å². The van der Waals surface area contributed by atoms with Crippen molar-refractivity contribution in [2.45, 2.75) is 57.3 Å². The average molecular weight is 416 g/mol. The summed E-state index contributed by atoms with van der Waals surface area (Å²) in [5.74, 6) is 0.670. The predicted octanol–water partition coefficient (Wildman–Crippen LogP) is 4.17. The van der Waals surface area contributed by atoms with Crippen molar-refractivity contribution in [3.63, 3.8) is 0 Å². The highest BCUT2D eigenvalue weighted by atomic mass is 32.2. The summed E-state index contributed by atoms with van der Waals surface area (Å²) in [7, 11) is 2.14. The number of hydrogen-bond donors (Lipinski definition) is 0. The third kappa shape index (κ3) is 3.92. The van der Waals surface area contributed by atoms with Crippen LogP contribution in [0, 0.1) is 11.7 Å².